The number of carbonyl (C=O) groups excluding carboxylic acids is 3. The first-order valence-electron chi connectivity index (χ1n) is 13.3. The minimum absolute atomic E-state index is 0.183. The highest BCUT2D eigenvalue weighted by Gasteiger charge is 2.38. The Hall–Kier alpha value is -4.41. The molecular weight excluding hydrogens is 512 g/mol. The van der Waals surface area contributed by atoms with E-state index in [0.29, 0.717) is 41.4 Å². The molecule has 0 bridgehead atoms. The summed E-state index contributed by atoms with van der Waals surface area (Å²) in [6.07, 6.45) is 2.63. The monoisotopic (exact) mass is 548 g/mol. The predicted molar refractivity (Wildman–Crippen MR) is 151 cm³/mol. The number of nitrogens with zero attached hydrogens (tertiary/aromatic N) is 4. The van der Waals surface area contributed by atoms with Gasteiger partial charge in [0.15, 0.2) is 11.5 Å². The number of ether oxygens (including phenoxy) is 2. The lowest BCUT2D eigenvalue weighted by molar-refractivity contribution is 0.0216. The molecule has 3 heterocycles. The Bertz CT molecular complexity index is 1390. The average Bonchev–Trinajstić information content (AvgIpc) is 3.53. The summed E-state index contributed by atoms with van der Waals surface area (Å²) in [6, 6.07) is 10.0. The van der Waals surface area contributed by atoms with Crippen LogP contribution in [0, 0.1) is 6.92 Å². The maximum atomic E-state index is 13.2. The molecule has 1 fully saturated rings. The molecule has 1 aliphatic rings. The molecule has 11 nitrogen and oxygen atoms in total. The second-order valence-electron chi connectivity index (χ2n) is 10.5. The SMILES string of the molecule is CCOC(=O)c1c(-c2ccc(C(=O)Nc3cc(C)ccn3)cc2)nc(C2CCCN2C(=O)OC(C)(C)C)n1NC. The predicted octanol–water partition coefficient (Wildman–Crippen LogP) is 4.93. The summed E-state index contributed by atoms with van der Waals surface area (Å²) >= 11 is 0. The second kappa shape index (κ2) is 11.8. The lowest BCUT2D eigenvalue weighted by atomic mass is 10.1. The maximum Gasteiger partial charge on any atom is 0.410 e. The Morgan fingerprint density at radius 1 is 1.12 bits per heavy atom. The third-order valence-electron chi connectivity index (χ3n) is 6.35. The van der Waals surface area contributed by atoms with Crippen molar-refractivity contribution in [3.63, 3.8) is 0 Å². The third kappa shape index (κ3) is 6.24. The van der Waals surface area contributed by atoms with E-state index in [9.17, 15) is 14.4 Å². The van der Waals surface area contributed by atoms with E-state index in [1.165, 1.54) is 0 Å². The van der Waals surface area contributed by atoms with Gasteiger partial charge in [-0.05, 0) is 77.3 Å². The van der Waals surface area contributed by atoms with Gasteiger partial charge in [0.25, 0.3) is 5.91 Å². The van der Waals surface area contributed by atoms with Crippen molar-refractivity contribution in [2.75, 3.05) is 30.9 Å². The fourth-order valence-electron chi connectivity index (χ4n) is 4.62. The number of imidazole rings is 1. The average molecular weight is 549 g/mol. The van der Waals surface area contributed by atoms with Gasteiger partial charge >= 0.3 is 12.1 Å². The smallest absolute Gasteiger partial charge is 0.410 e. The minimum Gasteiger partial charge on any atom is -0.461 e. The normalized spacial score (nSPS) is 15.1. The first-order valence-corrected chi connectivity index (χ1v) is 13.3. The highest BCUT2D eigenvalue weighted by atomic mass is 16.6. The largest absolute Gasteiger partial charge is 0.461 e. The van der Waals surface area contributed by atoms with Crippen LogP contribution in [0.25, 0.3) is 11.3 Å². The number of amides is 2. The summed E-state index contributed by atoms with van der Waals surface area (Å²) in [5.41, 5.74) is 5.00. The van der Waals surface area contributed by atoms with Gasteiger partial charge in [0, 0.05) is 30.9 Å². The zero-order valence-corrected chi connectivity index (χ0v) is 23.8. The van der Waals surface area contributed by atoms with Crippen molar-refractivity contribution in [2.45, 2.75) is 59.1 Å². The van der Waals surface area contributed by atoms with Gasteiger partial charge in [-0.25, -0.2) is 24.2 Å². The Balaban J connectivity index is 1.69. The molecule has 1 atom stereocenters. The number of hydrogen-bond donors (Lipinski definition) is 2. The minimum atomic E-state index is -0.645. The summed E-state index contributed by atoms with van der Waals surface area (Å²) in [5.74, 6) is 0.0915. The molecule has 2 N–H and O–H groups in total. The van der Waals surface area contributed by atoms with Crippen molar-refractivity contribution >= 4 is 23.8 Å². The number of rotatable bonds is 7. The molecule has 0 radical (unpaired) electrons. The van der Waals surface area contributed by atoms with Crippen LogP contribution in [-0.2, 0) is 9.47 Å². The van der Waals surface area contributed by atoms with E-state index in [2.05, 4.69) is 15.7 Å². The van der Waals surface area contributed by atoms with Gasteiger partial charge in [0.2, 0.25) is 0 Å². The van der Waals surface area contributed by atoms with Crippen molar-refractivity contribution in [1.29, 1.82) is 0 Å². The molecule has 2 amide bonds. The van der Waals surface area contributed by atoms with Crippen molar-refractivity contribution in [3.05, 3.63) is 65.2 Å². The second-order valence-corrected chi connectivity index (χ2v) is 10.5. The number of likely N-dealkylation sites (tertiary alicyclic amines) is 1. The van der Waals surface area contributed by atoms with Crippen LogP contribution in [0.15, 0.2) is 42.6 Å². The Kier molecular flexibility index (Phi) is 8.41. The molecule has 0 aliphatic carbocycles. The molecule has 3 aromatic rings. The lowest BCUT2D eigenvalue weighted by Crippen LogP contribution is -2.37. The Labute approximate surface area is 233 Å². The van der Waals surface area contributed by atoms with Crippen LogP contribution in [-0.4, -0.2) is 63.3 Å². The number of pyridine rings is 1. The van der Waals surface area contributed by atoms with Gasteiger partial charge in [-0.2, -0.15) is 0 Å². The zero-order valence-electron chi connectivity index (χ0n) is 23.8. The van der Waals surface area contributed by atoms with Gasteiger partial charge in [-0.15, -0.1) is 0 Å². The molecule has 1 aromatic carbocycles. The standard InChI is InChI=1S/C29H36N6O5/c1-7-39-27(37)24-23(19-10-12-20(13-11-19)26(36)32-22-17-18(2)14-15-31-22)33-25(35(24)30-6)21-9-8-16-34(21)28(38)40-29(3,4)5/h10-15,17,21,30H,7-9,16H2,1-6H3,(H,31,32,36). The molecule has 2 aromatic heterocycles. The molecule has 212 valence electrons. The van der Waals surface area contributed by atoms with E-state index in [0.717, 1.165) is 12.0 Å². The van der Waals surface area contributed by atoms with E-state index >= 15 is 0 Å². The highest BCUT2D eigenvalue weighted by Crippen LogP contribution is 2.36. The summed E-state index contributed by atoms with van der Waals surface area (Å²) < 4.78 is 12.6. The molecule has 0 spiro atoms. The van der Waals surface area contributed by atoms with Crippen molar-refractivity contribution in [1.82, 2.24) is 19.5 Å². The molecule has 4 rings (SSSR count). The lowest BCUT2D eigenvalue weighted by Gasteiger charge is -2.28. The number of aryl methyl sites for hydroxylation is 1. The van der Waals surface area contributed by atoms with Gasteiger partial charge in [-0.3, -0.25) is 9.69 Å². The number of esters is 1. The van der Waals surface area contributed by atoms with Crippen molar-refractivity contribution in [3.8, 4) is 11.3 Å². The molecule has 1 saturated heterocycles. The first kappa shape index (κ1) is 28.6. The zero-order chi connectivity index (χ0) is 29.0. The summed E-state index contributed by atoms with van der Waals surface area (Å²) in [5, 5.41) is 2.79. The van der Waals surface area contributed by atoms with Crippen LogP contribution < -0.4 is 10.7 Å². The summed E-state index contributed by atoms with van der Waals surface area (Å²) in [7, 11) is 1.68. The van der Waals surface area contributed by atoms with Crippen LogP contribution >= 0.6 is 0 Å². The van der Waals surface area contributed by atoms with Crippen LogP contribution in [0.5, 0.6) is 0 Å². The van der Waals surface area contributed by atoms with Crippen molar-refractivity contribution in [2.24, 2.45) is 0 Å². The van der Waals surface area contributed by atoms with E-state index in [1.54, 1.807) is 60.1 Å². The third-order valence-corrected chi connectivity index (χ3v) is 6.35. The Morgan fingerprint density at radius 3 is 2.48 bits per heavy atom. The molecular formula is C29H36N6O5. The Morgan fingerprint density at radius 2 is 1.85 bits per heavy atom. The van der Waals surface area contributed by atoms with E-state index in [-0.39, 0.29) is 18.2 Å². The van der Waals surface area contributed by atoms with E-state index in [4.69, 9.17) is 14.5 Å². The number of nitrogens with one attached hydrogen (secondary N) is 2. The topological polar surface area (TPSA) is 128 Å². The number of carbonyl (C=O) groups is 3. The number of anilines is 1. The van der Waals surface area contributed by atoms with E-state index in [1.807, 2.05) is 33.8 Å². The fraction of sp³-hybridized carbons (Fsp3) is 0.414. The van der Waals surface area contributed by atoms with Gasteiger partial charge in [0.1, 0.15) is 17.1 Å². The molecule has 1 unspecified atom stereocenters. The summed E-state index contributed by atoms with van der Waals surface area (Å²) in [6.45, 7) is 9.82. The molecule has 40 heavy (non-hydrogen) atoms. The van der Waals surface area contributed by atoms with Crippen LogP contribution in [0.2, 0.25) is 0 Å². The number of aromatic nitrogens is 3. The van der Waals surface area contributed by atoms with Crippen LogP contribution in [0.3, 0.4) is 0 Å². The molecule has 11 heteroatoms. The van der Waals surface area contributed by atoms with Crippen LogP contribution in [0.1, 0.15) is 78.8 Å². The van der Waals surface area contributed by atoms with Gasteiger partial charge in [0.05, 0.1) is 12.6 Å². The fourth-order valence-corrected chi connectivity index (χ4v) is 4.62. The highest BCUT2D eigenvalue weighted by molar-refractivity contribution is 6.04. The number of hydrogen-bond acceptors (Lipinski definition) is 8. The van der Waals surface area contributed by atoms with Gasteiger partial charge < -0.3 is 20.2 Å². The van der Waals surface area contributed by atoms with Crippen molar-refractivity contribution < 1.29 is 23.9 Å². The van der Waals surface area contributed by atoms with Crippen LogP contribution in [0.4, 0.5) is 10.6 Å². The molecule has 0 saturated carbocycles. The quantitative estimate of drug-likeness (QED) is 0.398. The van der Waals surface area contributed by atoms with Gasteiger partial charge in [-0.1, -0.05) is 12.1 Å². The van der Waals surface area contributed by atoms with E-state index < -0.39 is 23.7 Å². The maximum absolute atomic E-state index is 13.2. The summed E-state index contributed by atoms with van der Waals surface area (Å²) in [4.78, 5) is 49.6. The number of benzene rings is 1. The molecule has 1 aliphatic heterocycles. The first-order chi connectivity index (χ1) is 19.0.